The van der Waals surface area contributed by atoms with Gasteiger partial charge in [-0.2, -0.15) is 0 Å². The van der Waals surface area contributed by atoms with Gasteiger partial charge in [-0.1, -0.05) is 61.2 Å². The highest BCUT2D eigenvalue weighted by molar-refractivity contribution is 6.31. The summed E-state index contributed by atoms with van der Waals surface area (Å²) in [6, 6.07) is 16.5. The molecule has 2 unspecified atom stereocenters. The van der Waals surface area contributed by atoms with Crippen LogP contribution in [0.15, 0.2) is 48.5 Å². The minimum atomic E-state index is 0.0850. The van der Waals surface area contributed by atoms with E-state index in [0.717, 1.165) is 17.1 Å². The average Bonchev–Trinajstić information content (AvgIpc) is 3.51. The second-order valence-electron chi connectivity index (χ2n) is 7.98. The summed E-state index contributed by atoms with van der Waals surface area (Å²) in [5.41, 5.74) is 3.52. The van der Waals surface area contributed by atoms with E-state index in [1.165, 1.54) is 43.2 Å². The number of carbonyl (C=O) groups is 1. The van der Waals surface area contributed by atoms with Crippen LogP contribution in [-0.4, -0.2) is 12.5 Å². The molecule has 2 saturated carbocycles. The maximum absolute atomic E-state index is 13.0. The van der Waals surface area contributed by atoms with Gasteiger partial charge in [-0.15, -0.1) is 0 Å². The molecule has 2 aliphatic carbocycles. The lowest BCUT2D eigenvalue weighted by molar-refractivity contribution is -0.119. The fourth-order valence-corrected chi connectivity index (χ4v) is 4.97. The summed E-state index contributed by atoms with van der Waals surface area (Å²) in [7, 11) is 0. The molecule has 0 aliphatic heterocycles. The van der Waals surface area contributed by atoms with Gasteiger partial charge in [0.05, 0.1) is 0 Å². The van der Waals surface area contributed by atoms with Gasteiger partial charge in [-0.25, -0.2) is 0 Å². The Morgan fingerprint density at radius 2 is 1.81 bits per heavy atom. The number of para-hydroxylation sites is 1. The molecule has 1 amide bonds. The largest absolute Gasteiger partial charge is 0.312 e. The first-order valence-corrected chi connectivity index (χ1v) is 10.7. The molecule has 2 aliphatic rings. The van der Waals surface area contributed by atoms with Crippen LogP contribution in [0.3, 0.4) is 0 Å². The molecule has 27 heavy (non-hydrogen) atoms. The van der Waals surface area contributed by atoms with Gasteiger partial charge >= 0.3 is 0 Å². The fourth-order valence-electron chi connectivity index (χ4n) is 4.63. The molecule has 0 bridgehead atoms. The van der Waals surface area contributed by atoms with Gasteiger partial charge in [-0.3, -0.25) is 4.79 Å². The van der Waals surface area contributed by atoms with Crippen LogP contribution in [0, 0.1) is 5.92 Å². The number of halogens is 1. The molecule has 142 valence electrons. The van der Waals surface area contributed by atoms with Crippen LogP contribution in [0.4, 0.5) is 5.69 Å². The molecule has 0 heterocycles. The Balaban J connectivity index is 1.46. The number of hydrogen-bond acceptors (Lipinski definition) is 1. The van der Waals surface area contributed by atoms with Crippen LogP contribution in [0.5, 0.6) is 0 Å². The maximum Gasteiger partial charge on any atom is 0.230 e. The molecule has 0 spiro atoms. The lowest BCUT2D eigenvalue weighted by Crippen LogP contribution is -2.32. The first-order chi connectivity index (χ1) is 13.2. The topological polar surface area (TPSA) is 20.3 Å². The van der Waals surface area contributed by atoms with Crippen LogP contribution in [0.25, 0.3) is 0 Å². The van der Waals surface area contributed by atoms with E-state index in [9.17, 15) is 4.79 Å². The van der Waals surface area contributed by atoms with Gasteiger partial charge in [0, 0.05) is 23.2 Å². The van der Waals surface area contributed by atoms with Crippen molar-refractivity contribution in [3.63, 3.8) is 0 Å². The van der Waals surface area contributed by atoms with Crippen molar-refractivity contribution >= 4 is 23.2 Å². The normalized spacial score (nSPS) is 22.4. The Bertz CT molecular complexity index is 797. The van der Waals surface area contributed by atoms with Crippen molar-refractivity contribution in [2.45, 2.75) is 57.3 Å². The molecule has 2 aromatic carbocycles. The van der Waals surface area contributed by atoms with E-state index < -0.39 is 0 Å². The predicted molar refractivity (Wildman–Crippen MR) is 113 cm³/mol. The summed E-state index contributed by atoms with van der Waals surface area (Å²) in [5.74, 6) is 1.25. The van der Waals surface area contributed by atoms with Crippen molar-refractivity contribution in [3.05, 3.63) is 64.7 Å². The zero-order chi connectivity index (χ0) is 18.8. The minimum absolute atomic E-state index is 0.0850. The molecule has 0 radical (unpaired) electrons. The molecule has 2 atom stereocenters. The summed E-state index contributed by atoms with van der Waals surface area (Å²) < 4.78 is 0. The van der Waals surface area contributed by atoms with Crippen molar-refractivity contribution < 1.29 is 4.79 Å². The number of benzene rings is 2. The molecule has 0 saturated heterocycles. The van der Waals surface area contributed by atoms with Crippen LogP contribution >= 0.6 is 11.6 Å². The Hall–Kier alpha value is -1.80. The number of amides is 1. The molecule has 0 aromatic heterocycles. The highest BCUT2D eigenvalue weighted by Gasteiger charge is 2.46. The molecule has 3 heteroatoms. The monoisotopic (exact) mass is 381 g/mol. The van der Waals surface area contributed by atoms with Gasteiger partial charge in [0.15, 0.2) is 0 Å². The zero-order valence-corrected chi connectivity index (χ0v) is 16.8. The van der Waals surface area contributed by atoms with E-state index in [4.69, 9.17) is 11.6 Å². The Morgan fingerprint density at radius 3 is 2.48 bits per heavy atom. The van der Waals surface area contributed by atoms with E-state index in [-0.39, 0.29) is 11.8 Å². The van der Waals surface area contributed by atoms with E-state index in [1.54, 1.807) is 0 Å². The summed E-state index contributed by atoms with van der Waals surface area (Å²) in [6.45, 7) is 2.74. The van der Waals surface area contributed by atoms with Crippen molar-refractivity contribution in [2.75, 3.05) is 11.4 Å². The number of nitrogens with zero attached hydrogens (tertiary/aromatic N) is 1. The van der Waals surface area contributed by atoms with Crippen molar-refractivity contribution in [2.24, 2.45) is 5.92 Å². The van der Waals surface area contributed by atoms with Crippen LogP contribution in [-0.2, 0) is 4.79 Å². The SMILES string of the molecule is CCN(C(=O)C1CC1c1ccc(C2CCCCC2)c(Cl)c1)c1ccccc1. The average molecular weight is 382 g/mol. The standard InChI is InChI=1S/C24H28ClNO/c1-2-26(19-11-7-4-8-12-19)24(27)22-16-21(22)18-13-14-20(23(25)15-18)17-9-5-3-6-10-17/h4,7-8,11-15,17,21-22H,2-3,5-6,9-10,16H2,1H3. The molecule has 0 N–H and O–H groups in total. The van der Waals surface area contributed by atoms with Crippen LogP contribution < -0.4 is 4.90 Å². The van der Waals surface area contributed by atoms with Crippen molar-refractivity contribution in [3.8, 4) is 0 Å². The lowest BCUT2D eigenvalue weighted by atomic mass is 9.83. The predicted octanol–water partition coefficient (Wildman–Crippen LogP) is 6.54. The third kappa shape index (κ3) is 3.91. The first kappa shape index (κ1) is 18.6. The highest BCUT2D eigenvalue weighted by Crippen LogP contribution is 2.50. The lowest BCUT2D eigenvalue weighted by Gasteiger charge is -2.23. The minimum Gasteiger partial charge on any atom is -0.312 e. The van der Waals surface area contributed by atoms with Crippen molar-refractivity contribution in [1.29, 1.82) is 0 Å². The molecule has 2 nitrogen and oxygen atoms in total. The van der Waals surface area contributed by atoms with Gasteiger partial charge in [-0.05, 0) is 67.3 Å². The smallest absolute Gasteiger partial charge is 0.230 e. The van der Waals surface area contributed by atoms with Gasteiger partial charge < -0.3 is 4.90 Å². The van der Waals surface area contributed by atoms with Crippen molar-refractivity contribution in [1.82, 2.24) is 0 Å². The molecular weight excluding hydrogens is 354 g/mol. The maximum atomic E-state index is 13.0. The Kier molecular flexibility index (Phi) is 5.54. The van der Waals surface area contributed by atoms with E-state index >= 15 is 0 Å². The highest BCUT2D eigenvalue weighted by atomic mass is 35.5. The third-order valence-electron chi connectivity index (χ3n) is 6.26. The zero-order valence-electron chi connectivity index (χ0n) is 16.0. The Labute approximate surface area is 167 Å². The van der Waals surface area contributed by atoms with E-state index in [0.29, 0.717) is 18.4 Å². The number of hydrogen-bond donors (Lipinski definition) is 0. The fraction of sp³-hybridized carbons (Fsp3) is 0.458. The second-order valence-corrected chi connectivity index (χ2v) is 8.39. The first-order valence-electron chi connectivity index (χ1n) is 10.3. The van der Waals surface area contributed by atoms with E-state index in [1.807, 2.05) is 42.2 Å². The summed E-state index contributed by atoms with van der Waals surface area (Å²) in [6.07, 6.45) is 7.43. The molecule has 4 rings (SSSR count). The number of rotatable bonds is 5. The molecule has 2 aromatic rings. The van der Waals surface area contributed by atoms with Gasteiger partial charge in [0.2, 0.25) is 5.91 Å². The third-order valence-corrected chi connectivity index (χ3v) is 6.58. The van der Waals surface area contributed by atoms with Crippen LogP contribution in [0.2, 0.25) is 5.02 Å². The van der Waals surface area contributed by atoms with Gasteiger partial charge in [0.25, 0.3) is 0 Å². The quantitative estimate of drug-likeness (QED) is 0.575. The Morgan fingerprint density at radius 1 is 1.07 bits per heavy atom. The molecular formula is C24H28ClNO. The summed E-state index contributed by atoms with van der Waals surface area (Å²) in [5, 5.41) is 0.896. The molecule has 2 fully saturated rings. The van der Waals surface area contributed by atoms with Gasteiger partial charge in [0.1, 0.15) is 0 Å². The number of anilines is 1. The summed E-state index contributed by atoms with van der Waals surface area (Å²) >= 11 is 6.65. The summed E-state index contributed by atoms with van der Waals surface area (Å²) in [4.78, 5) is 14.9. The number of carbonyl (C=O) groups excluding carboxylic acids is 1. The second kappa shape index (κ2) is 8.06. The van der Waals surface area contributed by atoms with E-state index in [2.05, 4.69) is 18.2 Å². The van der Waals surface area contributed by atoms with Crippen LogP contribution in [0.1, 0.15) is 68.4 Å².